The van der Waals surface area contributed by atoms with E-state index in [0.717, 1.165) is 5.56 Å². The maximum atomic E-state index is 9.25. The second-order valence-electron chi connectivity index (χ2n) is 3.22. The molecule has 0 spiro atoms. The van der Waals surface area contributed by atoms with E-state index >= 15 is 0 Å². The fraction of sp³-hybridized carbons (Fsp3) is 0.273. The lowest BCUT2D eigenvalue weighted by Crippen LogP contribution is -2.07. The Kier molecular flexibility index (Phi) is 2.63. The van der Waals surface area contributed by atoms with Crippen molar-refractivity contribution in [1.82, 2.24) is 0 Å². The molecule has 0 bridgehead atoms. The molecule has 0 saturated heterocycles. The third kappa shape index (κ3) is 1.70. The highest BCUT2D eigenvalue weighted by atomic mass is 16.6. The second-order valence-corrected chi connectivity index (χ2v) is 3.22. The Morgan fingerprint density at radius 2 is 1.93 bits per heavy atom. The Bertz CT molecular complexity index is 332. The highest BCUT2D eigenvalue weighted by molar-refractivity contribution is 5.29. The van der Waals surface area contributed by atoms with Gasteiger partial charge in [0.05, 0.1) is 6.61 Å². The van der Waals surface area contributed by atoms with E-state index in [0.29, 0.717) is 5.57 Å². The zero-order chi connectivity index (χ0) is 9.97. The van der Waals surface area contributed by atoms with E-state index < -0.39 is 6.29 Å². The topological polar surface area (TPSA) is 49.7 Å². The molecule has 0 fully saturated rings. The van der Waals surface area contributed by atoms with Gasteiger partial charge in [-0.25, -0.2) is 0 Å². The van der Waals surface area contributed by atoms with E-state index in [-0.39, 0.29) is 12.7 Å². The van der Waals surface area contributed by atoms with E-state index in [4.69, 9.17) is 9.84 Å². The molecule has 74 valence electrons. The predicted octanol–water partition coefficient (Wildman–Crippen LogP) is 0.995. The SMILES string of the molecule is OCC1=CC(O)OC1c1ccccc1. The van der Waals surface area contributed by atoms with Crippen molar-refractivity contribution < 1.29 is 14.9 Å². The predicted molar refractivity (Wildman–Crippen MR) is 51.4 cm³/mol. The summed E-state index contributed by atoms with van der Waals surface area (Å²) in [5.41, 5.74) is 1.66. The molecule has 1 heterocycles. The van der Waals surface area contributed by atoms with Gasteiger partial charge in [0, 0.05) is 0 Å². The molecule has 2 atom stereocenters. The highest BCUT2D eigenvalue weighted by Gasteiger charge is 2.26. The molecule has 0 aliphatic carbocycles. The number of aliphatic hydroxyl groups is 2. The van der Waals surface area contributed by atoms with Gasteiger partial charge >= 0.3 is 0 Å². The van der Waals surface area contributed by atoms with Crippen LogP contribution in [-0.4, -0.2) is 23.1 Å². The molecule has 1 aliphatic heterocycles. The third-order valence-corrected chi connectivity index (χ3v) is 2.25. The Morgan fingerprint density at radius 1 is 1.21 bits per heavy atom. The van der Waals surface area contributed by atoms with Gasteiger partial charge in [-0.1, -0.05) is 30.3 Å². The van der Waals surface area contributed by atoms with E-state index in [9.17, 15) is 5.11 Å². The first-order chi connectivity index (χ1) is 6.81. The molecule has 2 unspecified atom stereocenters. The summed E-state index contributed by atoms with van der Waals surface area (Å²) in [4.78, 5) is 0. The number of benzene rings is 1. The van der Waals surface area contributed by atoms with Crippen molar-refractivity contribution >= 4 is 0 Å². The van der Waals surface area contributed by atoms with Crippen molar-refractivity contribution in [2.75, 3.05) is 6.61 Å². The summed E-state index contributed by atoms with van der Waals surface area (Å²) in [6.45, 7) is -0.0867. The normalized spacial score (nSPS) is 26.3. The molecule has 1 aromatic carbocycles. The fourth-order valence-corrected chi connectivity index (χ4v) is 1.59. The molecule has 1 aliphatic rings. The summed E-state index contributed by atoms with van der Waals surface area (Å²) in [6, 6.07) is 9.53. The second kappa shape index (κ2) is 3.92. The van der Waals surface area contributed by atoms with Gasteiger partial charge in [0.2, 0.25) is 0 Å². The largest absolute Gasteiger partial charge is 0.392 e. The van der Waals surface area contributed by atoms with Crippen LogP contribution < -0.4 is 0 Å². The number of aliphatic hydroxyl groups excluding tert-OH is 2. The van der Waals surface area contributed by atoms with Crippen LogP contribution in [0.25, 0.3) is 0 Å². The summed E-state index contributed by atoms with van der Waals surface area (Å²) in [5, 5.41) is 18.3. The molecule has 2 N–H and O–H groups in total. The zero-order valence-electron chi connectivity index (χ0n) is 7.63. The molecule has 3 heteroatoms. The first-order valence-electron chi connectivity index (χ1n) is 4.51. The number of hydrogen-bond acceptors (Lipinski definition) is 3. The van der Waals surface area contributed by atoms with Crippen molar-refractivity contribution in [1.29, 1.82) is 0 Å². The standard InChI is InChI=1S/C11H12O3/c12-7-9-6-10(13)14-11(9)8-4-2-1-3-5-8/h1-6,10-13H,7H2. The highest BCUT2D eigenvalue weighted by Crippen LogP contribution is 2.31. The van der Waals surface area contributed by atoms with E-state index in [2.05, 4.69) is 0 Å². The molecular weight excluding hydrogens is 180 g/mol. The first-order valence-corrected chi connectivity index (χ1v) is 4.51. The van der Waals surface area contributed by atoms with E-state index in [1.54, 1.807) is 0 Å². The number of ether oxygens (including phenoxy) is 1. The van der Waals surface area contributed by atoms with Crippen molar-refractivity contribution in [3.63, 3.8) is 0 Å². The summed E-state index contributed by atoms with van der Waals surface area (Å²) < 4.78 is 5.25. The molecule has 1 aromatic rings. The molecule has 14 heavy (non-hydrogen) atoms. The van der Waals surface area contributed by atoms with Gasteiger partial charge in [0.25, 0.3) is 0 Å². The first kappa shape index (κ1) is 9.40. The van der Waals surface area contributed by atoms with Crippen molar-refractivity contribution in [3.8, 4) is 0 Å². The Balaban J connectivity index is 2.25. The Morgan fingerprint density at radius 3 is 2.57 bits per heavy atom. The van der Waals surface area contributed by atoms with Gasteiger partial charge < -0.3 is 14.9 Å². The van der Waals surface area contributed by atoms with Crippen LogP contribution in [0.15, 0.2) is 42.0 Å². The lowest BCUT2D eigenvalue weighted by Gasteiger charge is -2.14. The van der Waals surface area contributed by atoms with Gasteiger partial charge in [-0.3, -0.25) is 0 Å². The minimum absolute atomic E-state index is 0.0867. The van der Waals surface area contributed by atoms with E-state index in [1.807, 2.05) is 30.3 Å². The molecule has 0 amide bonds. The Labute approximate surface area is 82.3 Å². The van der Waals surface area contributed by atoms with Crippen LogP contribution in [0.1, 0.15) is 11.7 Å². The molecule has 3 nitrogen and oxygen atoms in total. The fourth-order valence-electron chi connectivity index (χ4n) is 1.59. The molecule has 2 rings (SSSR count). The maximum Gasteiger partial charge on any atom is 0.175 e. The lowest BCUT2D eigenvalue weighted by molar-refractivity contribution is -0.0775. The average Bonchev–Trinajstić information content (AvgIpc) is 2.61. The third-order valence-electron chi connectivity index (χ3n) is 2.25. The van der Waals surface area contributed by atoms with Crippen LogP contribution in [0.2, 0.25) is 0 Å². The Hall–Kier alpha value is -1.16. The van der Waals surface area contributed by atoms with Crippen molar-refractivity contribution in [2.24, 2.45) is 0 Å². The van der Waals surface area contributed by atoms with Gasteiger partial charge in [0.15, 0.2) is 6.29 Å². The smallest absolute Gasteiger partial charge is 0.175 e. The summed E-state index contributed by atoms with van der Waals surface area (Å²) in [7, 11) is 0. The summed E-state index contributed by atoms with van der Waals surface area (Å²) >= 11 is 0. The molecule has 0 aromatic heterocycles. The van der Waals surface area contributed by atoms with Crippen LogP contribution >= 0.6 is 0 Å². The van der Waals surface area contributed by atoms with Gasteiger partial charge in [0.1, 0.15) is 6.10 Å². The molecule has 0 radical (unpaired) electrons. The molecule has 0 saturated carbocycles. The minimum Gasteiger partial charge on any atom is -0.392 e. The average molecular weight is 192 g/mol. The number of hydrogen-bond donors (Lipinski definition) is 2. The van der Waals surface area contributed by atoms with Crippen LogP contribution in [0, 0.1) is 0 Å². The van der Waals surface area contributed by atoms with Gasteiger partial charge in [-0.2, -0.15) is 0 Å². The summed E-state index contributed by atoms with van der Waals surface area (Å²) in [5.74, 6) is 0. The van der Waals surface area contributed by atoms with Crippen LogP contribution in [0.5, 0.6) is 0 Å². The minimum atomic E-state index is -0.901. The van der Waals surface area contributed by atoms with Crippen molar-refractivity contribution in [2.45, 2.75) is 12.4 Å². The van der Waals surface area contributed by atoms with E-state index in [1.165, 1.54) is 6.08 Å². The summed E-state index contributed by atoms with van der Waals surface area (Å²) in [6.07, 6.45) is 0.330. The van der Waals surface area contributed by atoms with Crippen LogP contribution in [0.3, 0.4) is 0 Å². The molecular formula is C11H12O3. The van der Waals surface area contributed by atoms with Crippen molar-refractivity contribution in [3.05, 3.63) is 47.5 Å². The van der Waals surface area contributed by atoms with Crippen LogP contribution in [0.4, 0.5) is 0 Å². The zero-order valence-corrected chi connectivity index (χ0v) is 7.63. The number of rotatable bonds is 2. The lowest BCUT2D eigenvalue weighted by atomic mass is 10.0. The quantitative estimate of drug-likeness (QED) is 0.687. The van der Waals surface area contributed by atoms with Gasteiger partial charge in [-0.15, -0.1) is 0 Å². The van der Waals surface area contributed by atoms with Gasteiger partial charge in [-0.05, 0) is 17.2 Å². The monoisotopic (exact) mass is 192 g/mol. The maximum absolute atomic E-state index is 9.25. The van der Waals surface area contributed by atoms with Crippen LogP contribution in [-0.2, 0) is 4.74 Å².